The Morgan fingerprint density at radius 1 is 1.00 bits per heavy atom. The van der Waals surface area contributed by atoms with Gasteiger partial charge in [-0.1, -0.05) is 5.16 Å². The molecule has 2 aromatic heterocycles. The molecule has 0 saturated carbocycles. The molecule has 0 aliphatic carbocycles. The predicted octanol–water partition coefficient (Wildman–Crippen LogP) is 6.31. The summed E-state index contributed by atoms with van der Waals surface area (Å²) in [5.41, 5.74) is 4.16. The molecule has 0 radical (unpaired) electrons. The van der Waals surface area contributed by atoms with Crippen LogP contribution in [0.4, 0.5) is 0 Å². The van der Waals surface area contributed by atoms with Gasteiger partial charge in [0, 0.05) is 18.1 Å². The molecular weight excluding hydrogens is 350 g/mol. The van der Waals surface area contributed by atoms with Crippen LogP contribution in [0.15, 0.2) is 39.3 Å². The molecule has 26 heavy (non-hydrogen) atoms. The number of furan rings is 1. The lowest BCUT2D eigenvalue weighted by Crippen LogP contribution is -2.01. The Balaban J connectivity index is 1.48. The Morgan fingerprint density at radius 2 is 1.77 bits per heavy atom. The predicted molar refractivity (Wildman–Crippen MR) is 103 cm³/mol. The van der Waals surface area contributed by atoms with Gasteiger partial charge in [0.25, 0.3) is 0 Å². The first-order valence-corrected chi connectivity index (χ1v) is 9.32. The van der Waals surface area contributed by atoms with Crippen molar-refractivity contribution in [2.75, 3.05) is 6.61 Å². The van der Waals surface area contributed by atoms with E-state index in [0.29, 0.717) is 11.8 Å². The zero-order valence-electron chi connectivity index (χ0n) is 15.5. The molecule has 0 amide bonds. The summed E-state index contributed by atoms with van der Waals surface area (Å²) in [5, 5.41) is 4.31. The number of benzene rings is 1. The number of hydrogen-bond donors (Lipinski definition) is 0. The minimum atomic E-state index is 0.399. The van der Waals surface area contributed by atoms with Crippen molar-refractivity contribution in [2.45, 2.75) is 46.5 Å². The highest BCUT2D eigenvalue weighted by molar-refractivity contribution is 6.29. The van der Waals surface area contributed by atoms with Gasteiger partial charge in [-0.05, 0) is 87.0 Å². The van der Waals surface area contributed by atoms with Crippen LogP contribution in [0, 0.1) is 20.8 Å². The quantitative estimate of drug-likeness (QED) is 0.434. The van der Waals surface area contributed by atoms with Gasteiger partial charge in [-0.3, -0.25) is 0 Å². The van der Waals surface area contributed by atoms with Gasteiger partial charge in [0.2, 0.25) is 0 Å². The topological polar surface area (TPSA) is 48.4 Å². The molecule has 3 rings (SSSR count). The van der Waals surface area contributed by atoms with Crippen molar-refractivity contribution in [1.29, 1.82) is 0 Å². The normalized spacial score (nSPS) is 11.1. The molecule has 1 aromatic carbocycles. The highest BCUT2D eigenvalue weighted by Gasteiger charge is 2.10. The lowest BCUT2D eigenvalue weighted by molar-refractivity contribution is 0.299. The van der Waals surface area contributed by atoms with E-state index in [2.05, 4.69) is 31.1 Å². The molecule has 0 unspecified atom stereocenters. The minimum absolute atomic E-state index is 0.399. The van der Waals surface area contributed by atoms with Crippen LogP contribution in [0.5, 0.6) is 5.75 Å². The summed E-state index contributed by atoms with van der Waals surface area (Å²) in [5.74, 6) is 2.69. The maximum absolute atomic E-state index is 6.03. The monoisotopic (exact) mass is 373 g/mol. The van der Waals surface area contributed by atoms with Gasteiger partial charge in [-0.25, -0.2) is 0 Å². The third-order valence-corrected chi connectivity index (χ3v) is 4.51. The largest absolute Gasteiger partial charge is 0.493 e. The Kier molecular flexibility index (Phi) is 6.04. The summed E-state index contributed by atoms with van der Waals surface area (Å²) >= 11 is 5.87. The van der Waals surface area contributed by atoms with Crippen molar-refractivity contribution in [3.63, 3.8) is 0 Å². The number of aryl methyl sites for hydroxylation is 4. The fourth-order valence-corrected chi connectivity index (χ4v) is 3.22. The first kappa shape index (κ1) is 18.6. The van der Waals surface area contributed by atoms with E-state index in [1.807, 2.05) is 19.1 Å². The van der Waals surface area contributed by atoms with Gasteiger partial charge in [0.05, 0.1) is 12.3 Å². The first-order chi connectivity index (χ1) is 12.5. The molecule has 5 heteroatoms. The standard InChI is InChI=1S/C21H24ClNO3/c1-14-11-17(19-8-9-20(22)25-19)12-15(2)21(14)24-10-6-4-5-7-18-13-16(3)23-26-18/h8-9,11-13H,4-7,10H2,1-3H3. The van der Waals surface area contributed by atoms with Crippen molar-refractivity contribution in [3.05, 3.63) is 58.1 Å². The van der Waals surface area contributed by atoms with E-state index in [4.69, 9.17) is 25.3 Å². The highest BCUT2D eigenvalue weighted by atomic mass is 35.5. The summed E-state index contributed by atoms with van der Waals surface area (Å²) in [7, 11) is 0. The molecule has 138 valence electrons. The summed E-state index contributed by atoms with van der Waals surface area (Å²) < 4.78 is 16.7. The fourth-order valence-electron chi connectivity index (χ4n) is 3.08. The number of ether oxygens (including phenoxy) is 1. The lowest BCUT2D eigenvalue weighted by atomic mass is 10.0. The molecule has 0 aliphatic heterocycles. The molecule has 3 aromatic rings. The molecule has 0 spiro atoms. The van der Waals surface area contributed by atoms with E-state index < -0.39 is 0 Å². The van der Waals surface area contributed by atoms with E-state index in [1.54, 1.807) is 6.07 Å². The molecular formula is C21H24ClNO3. The second kappa shape index (κ2) is 8.45. The zero-order valence-corrected chi connectivity index (χ0v) is 16.2. The maximum atomic E-state index is 6.03. The third kappa shape index (κ3) is 4.70. The van der Waals surface area contributed by atoms with Gasteiger partial charge < -0.3 is 13.7 Å². The van der Waals surface area contributed by atoms with Crippen LogP contribution < -0.4 is 4.74 Å². The van der Waals surface area contributed by atoms with Crippen LogP contribution in [0.3, 0.4) is 0 Å². The second-order valence-corrected chi connectivity index (χ2v) is 7.01. The average Bonchev–Trinajstić information content (AvgIpc) is 3.21. The molecule has 2 heterocycles. The number of unbranched alkanes of at least 4 members (excludes halogenated alkanes) is 2. The van der Waals surface area contributed by atoms with Crippen LogP contribution in [0.1, 0.15) is 41.8 Å². The van der Waals surface area contributed by atoms with Crippen LogP contribution in [0.25, 0.3) is 11.3 Å². The van der Waals surface area contributed by atoms with E-state index in [0.717, 1.165) is 65.3 Å². The smallest absolute Gasteiger partial charge is 0.193 e. The Morgan fingerprint density at radius 3 is 2.38 bits per heavy atom. The highest BCUT2D eigenvalue weighted by Crippen LogP contribution is 2.32. The summed E-state index contributed by atoms with van der Waals surface area (Å²) in [6, 6.07) is 9.78. The van der Waals surface area contributed by atoms with E-state index in [1.165, 1.54) is 0 Å². The van der Waals surface area contributed by atoms with Crippen LogP contribution in [-0.2, 0) is 6.42 Å². The Bertz CT molecular complexity index is 843. The number of aromatic nitrogens is 1. The van der Waals surface area contributed by atoms with Gasteiger partial charge >= 0.3 is 0 Å². The molecule has 0 bridgehead atoms. The van der Waals surface area contributed by atoms with Crippen LogP contribution >= 0.6 is 11.6 Å². The van der Waals surface area contributed by atoms with Gasteiger partial charge in [-0.2, -0.15) is 0 Å². The van der Waals surface area contributed by atoms with Gasteiger partial charge in [-0.15, -0.1) is 0 Å². The maximum Gasteiger partial charge on any atom is 0.193 e. The second-order valence-electron chi connectivity index (χ2n) is 6.64. The summed E-state index contributed by atoms with van der Waals surface area (Å²) in [4.78, 5) is 0. The Labute approximate surface area is 159 Å². The molecule has 0 atom stereocenters. The molecule has 0 aliphatic rings. The first-order valence-electron chi connectivity index (χ1n) is 8.95. The van der Waals surface area contributed by atoms with Gasteiger partial charge in [0.1, 0.15) is 17.3 Å². The van der Waals surface area contributed by atoms with Crippen LogP contribution in [0.2, 0.25) is 5.22 Å². The van der Waals surface area contributed by atoms with Gasteiger partial charge in [0.15, 0.2) is 5.22 Å². The fraction of sp³-hybridized carbons (Fsp3) is 0.381. The Hall–Kier alpha value is -2.20. The molecule has 4 nitrogen and oxygen atoms in total. The SMILES string of the molecule is Cc1cc(CCCCCOc2c(C)cc(-c3ccc(Cl)o3)cc2C)on1. The zero-order chi connectivity index (χ0) is 18.5. The summed E-state index contributed by atoms with van der Waals surface area (Å²) in [6.07, 6.45) is 4.12. The van der Waals surface area contributed by atoms with Crippen molar-refractivity contribution in [2.24, 2.45) is 0 Å². The number of rotatable bonds is 8. The van der Waals surface area contributed by atoms with E-state index in [9.17, 15) is 0 Å². The number of halogens is 1. The molecule has 0 saturated heterocycles. The van der Waals surface area contributed by atoms with Crippen molar-refractivity contribution < 1.29 is 13.7 Å². The number of hydrogen-bond acceptors (Lipinski definition) is 4. The van der Waals surface area contributed by atoms with Crippen molar-refractivity contribution in [3.8, 4) is 17.1 Å². The molecule has 0 fully saturated rings. The van der Waals surface area contributed by atoms with Crippen molar-refractivity contribution in [1.82, 2.24) is 5.16 Å². The minimum Gasteiger partial charge on any atom is -0.493 e. The summed E-state index contributed by atoms with van der Waals surface area (Å²) in [6.45, 7) is 6.77. The molecule has 0 N–H and O–H groups in total. The average molecular weight is 374 g/mol. The third-order valence-electron chi connectivity index (χ3n) is 4.31. The van der Waals surface area contributed by atoms with Crippen molar-refractivity contribution >= 4 is 11.6 Å². The van der Waals surface area contributed by atoms with Crippen LogP contribution in [-0.4, -0.2) is 11.8 Å². The number of nitrogens with zero attached hydrogens (tertiary/aromatic N) is 1. The van der Waals surface area contributed by atoms with E-state index in [-0.39, 0.29) is 0 Å². The lowest BCUT2D eigenvalue weighted by Gasteiger charge is -2.13. The van der Waals surface area contributed by atoms with E-state index >= 15 is 0 Å².